The van der Waals surface area contributed by atoms with Gasteiger partial charge in [-0.3, -0.25) is 10.3 Å². The second-order valence-corrected chi connectivity index (χ2v) is 6.47. The predicted octanol–water partition coefficient (Wildman–Crippen LogP) is 3.36. The molecule has 1 aromatic rings. The van der Waals surface area contributed by atoms with E-state index in [0.717, 1.165) is 38.6 Å². The van der Waals surface area contributed by atoms with E-state index in [4.69, 9.17) is 5.41 Å². The Kier molecular flexibility index (Phi) is 4.91. The summed E-state index contributed by atoms with van der Waals surface area (Å²) in [4.78, 5) is 4.84. The molecule has 0 unspecified atom stereocenters. The van der Waals surface area contributed by atoms with E-state index in [1.54, 1.807) is 0 Å². The molecule has 0 radical (unpaired) electrons. The van der Waals surface area contributed by atoms with E-state index in [1.807, 2.05) is 0 Å². The summed E-state index contributed by atoms with van der Waals surface area (Å²) in [7, 11) is 0. The standard InChI is InChI=1S/C18H27N3/c19-18(17-9-5-2-6-10-17)21-13-11-20(12-14-21)15-16-7-3-1-4-8-16/h1,3-4,7-8,17,19H,2,5-6,9-15H2. The first-order valence-electron chi connectivity index (χ1n) is 8.42. The van der Waals surface area contributed by atoms with Gasteiger partial charge >= 0.3 is 0 Å². The minimum Gasteiger partial charge on any atom is -0.358 e. The molecule has 2 fully saturated rings. The van der Waals surface area contributed by atoms with Gasteiger partial charge in [0.25, 0.3) is 0 Å². The van der Waals surface area contributed by atoms with Crippen molar-refractivity contribution in [2.45, 2.75) is 38.6 Å². The van der Waals surface area contributed by atoms with Gasteiger partial charge in [0.1, 0.15) is 0 Å². The third kappa shape index (κ3) is 3.85. The van der Waals surface area contributed by atoms with Crippen molar-refractivity contribution in [3.05, 3.63) is 35.9 Å². The third-order valence-electron chi connectivity index (χ3n) is 4.95. The highest BCUT2D eigenvalue weighted by molar-refractivity contribution is 5.81. The molecule has 0 atom stereocenters. The van der Waals surface area contributed by atoms with E-state index >= 15 is 0 Å². The lowest BCUT2D eigenvalue weighted by Crippen LogP contribution is -2.49. The van der Waals surface area contributed by atoms with Gasteiger partial charge in [0.05, 0.1) is 5.84 Å². The first kappa shape index (κ1) is 14.6. The Hall–Kier alpha value is -1.35. The molecule has 0 spiro atoms. The number of rotatable bonds is 3. The molecule has 1 N–H and O–H groups in total. The van der Waals surface area contributed by atoms with Crippen LogP contribution in [0.3, 0.4) is 0 Å². The minimum absolute atomic E-state index is 0.541. The molecular weight excluding hydrogens is 258 g/mol. The summed E-state index contributed by atoms with van der Waals surface area (Å²) in [6, 6.07) is 10.7. The van der Waals surface area contributed by atoms with Crippen LogP contribution in [0.5, 0.6) is 0 Å². The van der Waals surface area contributed by atoms with Crippen LogP contribution in [0.15, 0.2) is 30.3 Å². The summed E-state index contributed by atoms with van der Waals surface area (Å²) in [5.41, 5.74) is 1.40. The maximum atomic E-state index is 8.47. The molecule has 2 aliphatic rings. The van der Waals surface area contributed by atoms with Crippen molar-refractivity contribution in [3.63, 3.8) is 0 Å². The number of amidine groups is 1. The average molecular weight is 285 g/mol. The van der Waals surface area contributed by atoms with Gasteiger partial charge in [0, 0.05) is 38.6 Å². The van der Waals surface area contributed by atoms with E-state index in [9.17, 15) is 0 Å². The van der Waals surface area contributed by atoms with E-state index in [1.165, 1.54) is 37.7 Å². The number of nitrogens with one attached hydrogen (secondary N) is 1. The second kappa shape index (κ2) is 7.08. The van der Waals surface area contributed by atoms with Gasteiger partial charge in [-0.2, -0.15) is 0 Å². The summed E-state index contributed by atoms with van der Waals surface area (Å²) < 4.78 is 0. The van der Waals surface area contributed by atoms with Crippen LogP contribution in [-0.4, -0.2) is 41.8 Å². The van der Waals surface area contributed by atoms with Crippen molar-refractivity contribution in [1.82, 2.24) is 9.80 Å². The summed E-state index contributed by atoms with van der Waals surface area (Å²) in [6.07, 6.45) is 6.49. The van der Waals surface area contributed by atoms with Gasteiger partial charge < -0.3 is 4.90 Å². The van der Waals surface area contributed by atoms with Crippen molar-refractivity contribution < 1.29 is 0 Å². The Morgan fingerprint density at radius 1 is 0.952 bits per heavy atom. The van der Waals surface area contributed by atoms with Crippen LogP contribution in [0.1, 0.15) is 37.7 Å². The third-order valence-corrected chi connectivity index (χ3v) is 4.95. The van der Waals surface area contributed by atoms with Gasteiger partial charge in [0.15, 0.2) is 0 Å². The van der Waals surface area contributed by atoms with Crippen LogP contribution in [0.25, 0.3) is 0 Å². The largest absolute Gasteiger partial charge is 0.358 e. The zero-order valence-electron chi connectivity index (χ0n) is 12.9. The Morgan fingerprint density at radius 3 is 2.29 bits per heavy atom. The number of benzene rings is 1. The Bertz CT molecular complexity index is 443. The topological polar surface area (TPSA) is 30.3 Å². The fourth-order valence-corrected chi connectivity index (χ4v) is 3.62. The van der Waals surface area contributed by atoms with Crippen LogP contribution < -0.4 is 0 Å². The van der Waals surface area contributed by atoms with Crippen molar-refractivity contribution >= 4 is 5.84 Å². The lowest BCUT2D eigenvalue weighted by atomic mass is 9.88. The fourth-order valence-electron chi connectivity index (χ4n) is 3.62. The van der Waals surface area contributed by atoms with Crippen molar-refractivity contribution in [2.75, 3.05) is 26.2 Å². The highest BCUT2D eigenvalue weighted by atomic mass is 15.3. The zero-order valence-corrected chi connectivity index (χ0v) is 12.9. The molecule has 0 amide bonds. The number of hydrogen-bond donors (Lipinski definition) is 1. The molecule has 1 heterocycles. The number of piperazine rings is 1. The van der Waals surface area contributed by atoms with Crippen LogP contribution in [0.2, 0.25) is 0 Å². The van der Waals surface area contributed by atoms with Gasteiger partial charge in [-0.05, 0) is 18.4 Å². The second-order valence-electron chi connectivity index (χ2n) is 6.47. The molecule has 1 aliphatic carbocycles. The van der Waals surface area contributed by atoms with E-state index in [2.05, 4.69) is 40.1 Å². The van der Waals surface area contributed by atoms with Crippen molar-refractivity contribution in [3.8, 4) is 0 Å². The first-order chi connectivity index (χ1) is 10.3. The summed E-state index contributed by atoms with van der Waals surface area (Å²) in [5.74, 6) is 1.47. The van der Waals surface area contributed by atoms with Crippen LogP contribution >= 0.6 is 0 Å². The van der Waals surface area contributed by atoms with E-state index in [-0.39, 0.29) is 0 Å². The molecule has 0 aromatic heterocycles. The van der Waals surface area contributed by atoms with Gasteiger partial charge in [0.2, 0.25) is 0 Å². The molecule has 3 nitrogen and oxygen atoms in total. The lowest BCUT2D eigenvalue weighted by molar-refractivity contribution is 0.168. The Morgan fingerprint density at radius 2 is 1.62 bits per heavy atom. The van der Waals surface area contributed by atoms with Crippen LogP contribution in [0, 0.1) is 11.3 Å². The molecule has 3 rings (SSSR count). The van der Waals surface area contributed by atoms with E-state index in [0.29, 0.717) is 5.92 Å². The molecule has 0 bridgehead atoms. The Balaban J connectivity index is 1.47. The quantitative estimate of drug-likeness (QED) is 0.682. The predicted molar refractivity (Wildman–Crippen MR) is 87.6 cm³/mol. The molecule has 21 heavy (non-hydrogen) atoms. The van der Waals surface area contributed by atoms with Crippen molar-refractivity contribution in [1.29, 1.82) is 5.41 Å². The Labute approximate surface area is 128 Å². The van der Waals surface area contributed by atoms with Gasteiger partial charge in [-0.1, -0.05) is 49.6 Å². The smallest absolute Gasteiger partial charge is 0.0990 e. The fraction of sp³-hybridized carbons (Fsp3) is 0.611. The SMILES string of the molecule is N=C(C1CCCCC1)N1CCN(Cc2ccccc2)CC1. The van der Waals surface area contributed by atoms with Crippen molar-refractivity contribution in [2.24, 2.45) is 5.92 Å². The molecule has 1 aliphatic heterocycles. The number of hydrogen-bond acceptors (Lipinski definition) is 2. The van der Waals surface area contributed by atoms with Crippen LogP contribution in [-0.2, 0) is 6.54 Å². The molecule has 1 saturated heterocycles. The molecule has 1 aromatic carbocycles. The van der Waals surface area contributed by atoms with Gasteiger partial charge in [-0.15, -0.1) is 0 Å². The molecule has 114 valence electrons. The van der Waals surface area contributed by atoms with Gasteiger partial charge in [-0.25, -0.2) is 0 Å². The number of nitrogens with zero attached hydrogens (tertiary/aromatic N) is 2. The maximum absolute atomic E-state index is 8.47. The average Bonchev–Trinajstić information content (AvgIpc) is 2.57. The normalized spacial score (nSPS) is 21.4. The zero-order chi connectivity index (χ0) is 14.5. The lowest BCUT2D eigenvalue weighted by Gasteiger charge is -2.39. The highest BCUT2D eigenvalue weighted by Gasteiger charge is 2.25. The van der Waals surface area contributed by atoms with Crippen LogP contribution in [0.4, 0.5) is 0 Å². The first-order valence-corrected chi connectivity index (χ1v) is 8.42. The van der Waals surface area contributed by atoms with E-state index < -0.39 is 0 Å². The minimum atomic E-state index is 0.541. The maximum Gasteiger partial charge on any atom is 0.0990 e. The molecular formula is C18H27N3. The summed E-state index contributed by atoms with van der Waals surface area (Å²) in [5, 5.41) is 8.47. The summed E-state index contributed by atoms with van der Waals surface area (Å²) >= 11 is 0. The monoisotopic (exact) mass is 285 g/mol. The molecule has 3 heteroatoms. The highest BCUT2D eigenvalue weighted by Crippen LogP contribution is 2.26. The summed E-state index contributed by atoms with van der Waals surface area (Å²) in [6.45, 7) is 5.28. The molecule has 1 saturated carbocycles.